The Labute approximate surface area is 206 Å². The molecule has 2 heterocycles. The minimum atomic E-state index is -1.19. The maximum absolute atomic E-state index is 13.4. The summed E-state index contributed by atoms with van der Waals surface area (Å²) in [6, 6.07) is 10.9. The molecule has 2 fully saturated rings. The summed E-state index contributed by atoms with van der Waals surface area (Å²) in [6.07, 6.45) is 0. The molecule has 0 aromatic heterocycles. The fraction of sp³-hybridized carbons (Fsp3) is 0.304. The number of halogens is 2. The molecule has 0 radical (unpaired) electrons. The maximum Gasteiger partial charge on any atom is 0.331 e. The van der Waals surface area contributed by atoms with Gasteiger partial charge in [-0.2, -0.15) is 0 Å². The van der Waals surface area contributed by atoms with Crippen molar-refractivity contribution in [2.24, 2.45) is 5.92 Å². The summed E-state index contributed by atoms with van der Waals surface area (Å²) in [5.41, 5.74) is 1.61. The smallest absolute Gasteiger partial charge is 0.331 e. The summed E-state index contributed by atoms with van der Waals surface area (Å²) >= 11 is 12.4. The number of anilines is 2. The number of hydrogen-bond acceptors (Lipinski definition) is 5. The quantitative estimate of drug-likeness (QED) is 0.477. The molecule has 0 saturated carbocycles. The van der Waals surface area contributed by atoms with Gasteiger partial charge in [0.1, 0.15) is 0 Å². The van der Waals surface area contributed by atoms with Gasteiger partial charge in [0.15, 0.2) is 5.92 Å². The van der Waals surface area contributed by atoms with E-state index in [1.165, 1.54) is 4.90 Å². The lowest BCUT2D eigenvalue weighted by Crippen LogP contribution is -2.58. The number of urea groups is 2. The summed E-state index contributed by atoms with van der Waals surface area (Å²) in [4.78, 5) is 54.9. The van der Waals surface area contributed by atoms with E-state index < -0.39 is 23.8 Å². The molecule has 0 aliphatic carbocycles. The Hall–Kier alpha value is -3.30. The van der Waals surface area contributed by atoms with Gasteiger partial charge in [0, 0.05) is 24.5 Å². The van der Waals surface area contributed by atoms with Crippen LogP contribution in [0.4, 0.5) is 21.0 Å². The number of nitrogens with one attached hydrogen (secondary N) is 1. The summed E-state index contributed by atoms with van der Waals surface area (Å²) in [5.74, 6) is -2.57. The number of carbonyl (C=O) groups is 4. The largest absolute Gasteiger partial charge is 0.465 e. The van der Waals surface area contributed by atoms with Crippen LogP contribution in [0.25, 0.3) is 0 Å². The van der Waals surface area contributed by atoms with Crippen LogP contribution in [0.3, 0.4) is 0 Å². The van der Waals surface area contributed by atoms with E-state index >= 15 is 0 Å². The third-order valence-corrected chi connectivity index (χ3v) is 6.51. The molecule has 2 aliphatic rings. The first-order valence-electron chi connectivity index (χ1n) is 10.7. The number of nitrogens with zero attached hydrogens (tertiary/aromatic N) is 3. The molecule has 2 aliphatic heterocycles. The molecule has 0 bridgehead atoms. The van der Waals surface area contributed by atoms with Gasteiger partial charge in [-0.1, -0.05) is 35.3 Å². The maximum atomic E-state index is 13.4. The van der Waals surface area contributed by atoms with E-state index in [0.717, 1.165) is 4.90 Å². The molecule has 1 N–H and O–H groups in total. The zero-order valence-corrected chi connectivity index (χ0v) is 19.8. The van der Waals surface area contributed by atoms with Crippen molar-refractivity contribution in [3.05, 3.63) is 58.1 Å². The van der Waals surface area contributed by atoms with Crippen molar-refractivity contribution >= 4 is 58.5 Å². The zero-order chi connectivity index (χ0) is 24.4. The number of esters is 1. The molecular weight excluding hydrogens is 483 g/mol. The number of rotatable bonds is 6. The third-order valence-electron chi connectivity index (χ3n) is 5.65. The predicted molar refractivity (Wildman–Crippen MR) is 127 cm³/mol. The summed E-state index contributed by atoms with van der Waals surface area (Å²) in [6.45, 7) is 2.51. The number of hydrogen-bond donors (Lipinski definition) is 1. The van der Waals surface area contributed by atoms with Crippen molar-refractivity contribution in [2.45, 2.75) is 13.5 Å². The standard InChI is InChI=1S/C23H22Cl2N4O5/c1-2-34-21(31)17-13-28(16-8-6-15(7-9-16)27-11-10-26-22(27)32)23(33)29(20(17)30)12-14-4-3-5-18(24)19(14)25/h3-9,17H,2,10-13H2,1H3,(H,26,32). The lowest BCUT2D eigenvalue weighted by Gasteiger charge is -2.37. The Morgan fingerprint density at radius 3 is 2.35 bits per heavy atom. The first kappa shape index (κ1) is 23.8. The van der Waals surface area contributed by atoms with Gasteiger partial charge in [0.05, 0.1) is 29.7 Å². The van der Waals surface area contributed by atoms with Crippen molar-refractivity contribution in [3.8, 4) is 0 Å². The summed E-state index contributed by atoms with van der Waals surface area (Å²) < 4.78 is 5.09. The molecule has 9 nitrogen and oxygen atoms in total. The van der Waals surface area contributed by atoms with Crippen molar-refractivity contribution in [2.75, 3.05) is 36.0 Å². The Morgan fingerprint density at radius 1 is 1.06 bits per heavy atom. The molecule has 34 heavy (non-hydrogen) atoms. The van der Waals surface area contributed by atoms with E-state index in [9.17, 15) is 19.2 Å². The third kappa shape index (κ3) is 4.53. The van der Waals surface area contributed by atoms with Crippen molar-refractivity contribution in [1.29, 1.82) is 0 Å². The van der Waals surface area contributed by atoms with Gasteiger partial charge in [-0.05, 0) is 42.8 Å². The zero-order valence-electron chi connectivity index (χ0n) is 18.3. The fourth-order valence-corrected chi connectivity index (χ4v) is 4.30. The highest BCUT2D eigenvalue weighted by Crippen LogP contribution is 2.31. The second-order valence-electron chi connectivity index (χ2n) is 7.74. The predicted octanol–water partition coefficient (Wildman–Crippen LogP) is 3.67. The van der Waals surface area contributed by atoms with Gasteiger partial charge in [0.25, 0.3) is 0 Å². The van der Waals surface area contributed by atoms with Crippen LogP contribution in [-0.2, 0) is 20.9 Å². The van der Waals surface area contributed by atoms with E-state index in [4.69, 9.17) is 27.9 Å². The first-order valence-corrected chi connectivity index (χ1v) is 11.4. The van der Waals surface area contributed by atoms with Gasteiger partial charge in [-0.3, -0.25) is 24.3 Å². The van der Waals surface area contributed by atoms with E-state index in [-0.39, 0.29) is 35.8 Å². The number of carbonyl (C=O) groups excluding carboxylic acids is 4. The highest BCUT2D eigenvalue weighted by atomic mass is 35.5. The minimum absolute atomic E-state index is 0.100. The van der Waals surface area contributed by atoms with Gasteiger partial charge in [-0.25, -0.2) is 9.59 Å². The highest BCUT2D eigenvalue weighted by Gasteiger charge is 2.44. The molecule has 178 valence electrons. The molecule has 5 amide bonds. The van der Waals surface area contributed by atoms with Crippen molar-refractivity contribution < 1.29 is 23.9 Å². The van der Waals surface area contributed by atoms with E-state index in [2.05, 4.69) is 5.32 Å². The van der Waals surface area contributed by atoms with E-state index in [1.807, 2.05) is 0 Å². The van der Waals surface area contributed by atoms with Crippen molar-refractivity contribution in [1.82, 2.24) is 10.2 Å². The molecule has 2 aromatic rings. The number of amides is 5. The topological polar surface area (TPSA) is 99.3 Å². The Morgan fingerprint density at radius 2 is 1.74 bits per heavy atom. The molecule has 4 rings (SSSR count). The van der Waals surface area contributed by atoms with Crippen LogP contribution in [0, 0.1) is 5.92 Å². The molecule has 2 aromatic carbocycles. The van der Waals surface area contributed by atoms with Crippen molar-refractivity contribution in [3.63, 3.8) is 0 Å². The minimum Gasteiger partial charge on any atom is -0.465 e. The molecular formula is C23H22Cl2N4O5. The average molecular weight is 505 g/mol. The van der Waals surface area contributed by atoms with Gasteiger partial charge >= 0.3 is 18.0 Å². The van der Waals surface area contributed by atoms with Gasteiger partial charge in [0.2, 0.25) is 5.91 Å². The monoisotopic (exact) mass is 504 g/mol. The molecule has 11 heteroatoms. The second kappa shape index (κ2) is 9.90. The SMILES string of the molecule is CCOC(=O)C1CN(c2ccc(N3CCNC3=O)cc2)C(=O)N(Cc2cccc(Cl)c2Cl)C1=O. The van der Waals surface area contributed by atoms with Crippen LogP contribution in [-0.4, -0.2) is 55.1 Å². The van der Waals surface area contributed by atoms with E-state index in [0.29, 0.717) is 30.0 Å². The lowest BCUT2D eigenvalue weighted by atomic mass is 10.0. The second-order valence-corrected chi connectivity index (χ2v) is 8.52. The van der Waals surface area contributed by atoms with Gasteiger partial charge in [-0.15, -0.1) is 0 Å². The Kier molecular flexibility index (Phi) is 6.95. The highest BCUT2D eigenvalue weighted by molar-refractivity contribution is 6.42. The Bertz CT molecular complexity index is 1140. The first-order chi connectivity index (χ1) is 16.3. The summed E-state index contributed by atoms with van der Waals surface area (Å²) in [7, 11) is 0. The molecule has 1 unspecified atom stereocenters. The van der Waals surface area contributed by atoms with Crippen LogP contribution in [0.5, 0.6) is 0 Å². The van der Waals surface area contributed by atoms with E-state index in [1.54, 1.807) is 54.3 Å². The number of imide groups is 1. The molecule has 2 saturated heterocycles. The normalized spacial score (nSPS) is 18.4. The fourth-order valence-electron chi connectivity index (χ4n) is 3.92. The Balaban J connectivity index is 1.65. The number of ether oxygens (including phenoxy) is 1. The van der Waals surface area contributed by atoms with Crippen LogP contribution in [0.1, 0.15) is 12.5 Å². The molecule has 0 spiro atoms. The lowest BCUT2D eigenvalue weighted by molar-refractivity contribution is -0.154. The van der Waals surface area contributed by atoms with Crippen LogP contribution in [0.15, 0.2) is 42.5 Å². The van der Waals surface area contributed by atoms with Gasteiger partial charge < -0.3 is 10.1 Å². The average Bonchev–Trinajstić information content (AvgIpc) is 3.25. The molecule has 1 atom stereocenters. The van der Waals surface area contributed by atoms with Crippen LogP contribution in [0.2, 0.25) is 10.0 Å². The van der Waals surface area contributed by atoms with Crippen LogP contribution < -0.4 is 15.1 Å². The van der Waals surface area contributed by atoms with Crippen LogP contribution >= 0.6 is 23.2 Å². The summed E-state index contributed by atoms with van der Waals surface area (Å²) in [5, 5.41) is 3.25. The number of benzene rings is 2.